The monoisotopic (exact) mass is 411 g/mol. The van der Waals surface area contributed by atoms with Gasteiger partial charge < -0.3 is 4.90 Å². The molecule has 0 saturated heterocycles. The van der Waals surface area contributed by atoms with E-state index in [0.29, 0.717) is 0 Å². The number of hydrogen-bond acceptors (Lipinski definition) is 1. The molecule has 0 aliphatic carbocycles. The number of hydrogen-bond donors (Lipinski definition) is 0. The number of nitrogens with zero attached hydrogens (tertiary/aromatic N) is 1. The third-order valence-corrected chi connectivity index (χ3v) is 5.98. The zero-order valence-corrected chi connectivity index (χ0v) is 19.1. The zero-order valence-electron chi connectivity index (χ0n) is 19.1. The summed E-state index contributed by atoms with van der Waals surface area (Å²) in [5.41, 5.74) is 7.28. The maximum Gasteiger partial charge on any atom is 0.229 e. The molecule has 31 heavy (non-hydrogen) atoms. The predicted octanol–water partition coefficient (Wildman–Crippen LogP) is 7.03. The highest BCUT2D eigenvalue weighted by molar-refractivity contribution is 5.98. The molecule has 0 aliphatic heterocycles. The first-order chi connectivity index (χ1) is 15.1. The molecule has 0 heterocycles. The number of carbonyl (C=O) groups is 1. The van der Waals surface area contributed by atoms with Gasteiger partial charge in [0.05, 0.1) is 5.92 Å². The van der Waals surface area contributed by atoms with E-state index in [9.17, 15) is 4.79 Å². The van der Waals surface area contributed by atoms with E-state index in [4.69, 9.17) is 0 Å². The molecule has 0 N–H and O–H groups in total. The smallest absolute Gasteiger partial charge is 0.229 e. The molecule has 0 radical (unpaired) electrons. The molecule has 1 amide bonds. The molecule has 2 nitrogen and oxygen atoms in total. The molecule has 3 aromatic carbocycles. The van der Waals surface area contributed by atoms with Crippen molar-refractivity contribution in [3.05, 3.63) is 107 Å². The summed E-state index contributed by atoms with van der Waals surface area (Å²) in [5.74, 6) is 0.0491. The topological polar surface area (TPSA) is 20.3 Å². The van der Waals surface area contributed by atoms with Gasteiger partial charge in [-0.1, -0.05) is 91.9 Å². The van der Waals surface area contributed by atoms with Gasteiger partial charge in [0.2, 0.25) is 5.91 Å². The van der Waals surface area contributed by atoms with Gasteiger partial charge in [0, 0.05) is 13.1 Å². The van der Waals surface area contributed by atoms with Crippen LogP contribution in [0.4, 0.5) is 0 Å². The Kier molecular flexibility index (Phi) is 7.83. The van der Waals surface area contributed by atoms with E-state index in [2.05, 4.69) is 91.9 Å². The minimum absolute atomic E-state index is 0.141. The molecule has 0 spiro atoms. The van der Waals surface area contributed by atoms with Gasteiger partial charge in [-0.05, 0) is 60.6 Å². The van der Waals surface area contributed by atoms with E-state index in [1.165, 1.54) is 27.8 Å². The van der Waals surface area contributed by atoms with Crippen molar-refractivity contribution in [2.75, 3.05) is 13.1 Å². The van der Waals surface area contributed by atoms with Gasteiger partial charge in [0.1, 0.15) is 0 Å². The van der Waals surface area contributed by atoms with Crippen LogP contribution in [0.3, 0.4) is 0 Å². The SMILES string of the molecule is CCC(=C(c1ccccc1)c1ccc(C(C)C(=O)N(CC)CC)cc1)c1ccccc1. The standard InChI is InChI=1S/C29H33NO/c1-5-27(24-14-10-8-11-15-24)28(25-16-12-9-13-17-25)26-20-18-23(19-21-26)22(4)29(31)30(6-2)7-3/h8-22H,5-7H2,1-4H3. The molecular weight excluding hydrogens is 378 g/mol. The van der Waals surface area contributed by atoms with Gasteiger partial charge in [-0.3, -0.25) is 4.79 Å². The summed E-state index contributed by atoms with van der Waals surface area (Å²) in [4.78, 5) is 14.7. The van der Waals surface area contributed by atoms with Crippen LogP contribution in [0.5, 0.6) is 0 Å². The number of likely N-dealkylation sites (N-methyl/N-ethyl adjacent to an activating group) is 1. The molecule has 0 bridgehead atoms. The molecule has 0 saturated carbocycles. The molecular formula is C29H33NO. The van der Waals surface area contributed by atoms with Crippen LogP contribution in [-0.4, -0.2) is 23.9 Å². The van der Waals surface area contributed by atoms with Crippen molar-refractivity contribution in [3.63, 3.8) is 0 Å². The third kappa shape index (κ3) is 5.14. The Morgan fingerprint density at radius 3 is 1.68 bits per heavy atom. The molecule has 0 fully saturated rings. The molecule has 160 valence electrons. The van der Waals surface area contributed by atoms with Crippen LogP contribution in [-0.2, 0) is 4.79 Å². The van der Waals surface area contributed by atoms with Crippen LogP contribution >= 0.6 is 0 Å². The quantitative estimate of drug-likeness (QED) is 0.364. The summed E-state index contributed by atoms with van der Waals surface area (Å²) < 4.78 is 0. The maximum atomic E-state index is 12.8. The largest absolute Gasteiger partial charge is 0.343 e. The van der Waals surface area contributed by atoms with E-state index >= 15 is 0 Å². The van der Waals surface area contributed by atoms with E-state index in [0.717, 1.165) is 25.1 Å². The van der Waals surface area contributed by atoms with Crippen molar-refractivity contribution < 1.29 is 4.79 Å². The summed E-state index contributed by atoms with van der Waals surface area (Å²) in [6.07, 6.45) is 0.937. The molecule has 1 atom stereocenters. The Morgan fingerprint density at radius 2 is 1.19 bits per heavy atom. The van der Waals surface area contributed by atoms with Gasteiger partial charge in [-0.2, -0.15) is 0 Å². The average Bonchev–Trinajstić information content (AvgIpc) is 2.84. The molecule has 0 aliphatic rings. The first-order valence-corrected chi connectivity index (χ1v) is 11.3. The average molecular weight is 412 g/mol. The van der Waals surface area contributed by atoms with E-state index in [1.807, 2.05) is 25.7 Å². The maximum absolute atomic E-state index is 12.8. The van der Waals surface area contributed by atoms with Crippen molar-refractivity contribution in [1.82, 2.24) is 4.90 Å². The Balaban J connectivity index is 2.05. The zero-order chi connectivity index (χ0) is 22.2. The summed E-state index contributed by atoms with van der Waals surface area (Å²) in [5, 5.41) is 0. The molecule has 3 rings (SSSR count). The van der Waals surface area contributed by atoms with Gasteiger partial charge >= 0.3 is 0 Å². The summed E-state index contributed by atoms with van der Waals surface area (Å²) in [6, 6.07) is 29.8. The van der Waals surface area contributed by atoms with E-state index in [1.54, 1.807) is 0 Å². The van der Waals surface area contributed by atoms with Crippen molar-refractivity contribution in [3.8, 4) is 0 Å². The predicted molar refractivity (Wildman–Crippen MR) is 132 cm³/mol. The minimum atomic E-state index is -0.141. The lowest BCUT2D eigenvalue weighted by Gasteiger charge is -2.23. The fraction of sp³-hybridized carbons (Fsp3) is 0.276. The van der Waals surface area contributed by atoms with Gasteiger partial charge in [-0.25, -0.2) is 0 Å². The highest BCUT2D eigenvalue weighted by Crippen LogP contribution is 2.34. The van der Waals surface area contributed by atoms with Crippen LogP contribution in [0.2, 0.25) is 0 Å². The van der Waals surface area contributed by atoms with Crippen molar-refractivity contribution in [2.24, 2.45) is 0 Å². The highest BCUT2D eigenvalue weighted by atomic mass is 16.2. The number of allylic oxidation sites excluding steroid dienone is 1. The van der Waals surface area contributed by atoms with Crippen molar-refractivity contribution in [1.29, 1.82) is 0 Å². The third-order valence-electron chi connectivity index (χ3n) is 5.98. The number of carbonyl (C=O) groups excluding carboxylic acids is 1. The Morgan fingerprint density at radius 1 is 0.710 bits per heavy atom. The molecule has 3 aromatic rings. The molecule has 1 unspecified atom stereocenters. The molecule has 0 aromatic heterocycles. The Labute approximate surface area is 187 Å². The summed E-state index contributed by atoms with van der Waals surface area (Å²) in [7, 11) is 0. The Hall–Kier alpha value is -3.13. The van der Waals surface area contributed by atoms with Crippen LogP contribution in [0.15, 0.2) is 84.9 Å². The highest BCUT2D eigenvalue weighted by Gasteiger charge is 2.20. The van der Waals surface area contributed by atoms with Gasteiger partial charge in [0.25, 0.3) is 0 Å². The first-order valence-electron chi connectivity index (χ1n) is 11.3. The second kappa shape index (κ2) is 10.8. The van der Waals surface area contributed by atoms with E-state index in [-0.39, 0.29) is 11.8 Å². The van der Waals surface area contributed by atoms with Crippen LogP contribution < -0.4 is 0 Å². The van der Waals surface area contributed by atoms with Crippen molar-refractivity contribution in [2.45, 2.75) is 40.0 Å². The lowest BCUT2D eigenvalue weighted by atomic mass is 9.87. The fourth-order valence-electron chi connectivity index (χ4n) is 4.17. The molecule has 2 heteroatoms. The second-order valence-electron chi connectivity index (χ2n) is 7.79. The van der Waals surface area contributed by atoms with Crippen LogP contribution in [0.25, 0.3) is 11.1 Å². The normalized spacial score (nSPS) is 12.8. The second-order valence-corrected chi connectivity index (χ2v) is 7.79. The first kappa shape index (κ1) is 22.6. The summed E-state index contributed by atoms with van der Waals surface area (Å²) in [6.45, 7) is 9.77. The lowest BCUT2D eigenvalue weighted by Crippen LogP contribution is -2.33. The number of rotatable bonds is 8. The van der Waals surface area contributed by atoms with Crippen LogP contribution in [0.1, 0.15) is 62.3 Å². The minimum Gasteiger partial charge on any atom is -0.343 e. The lowest BCUT2D eigenvalue weighted by molar-refractivity contribution is -0.132. The van der Waals surface area contributed by atoms with E-state index < -0.39 is 0 Å². The number of benzene rings is 3. The summed E-state index contributed by atoms with van der Waals surface area (Å²) >= 11 is 0. The number of amides is 1. The van der Waals surface area contributed by atoms with Gasteiger partial charge in [-0.15, -0.1) is 0 Å². The fourth-order valence-corrected chi connectivity index (χ4v) is 4.17. The van der Waals surface area contributed by atoms with Crippen molar-refractivity contribution >= 4 is 17.1 Å². The van der Waals surface area contributed by atoms with Gasteiger partial charge in [0.15, 0.2) is 0 Å². The Bertz CT molecular complexity index is 1000. The van der Waals surface area contributed by atoms with Crippen LogP contribution in [0, 0.1) is 0 Å².